The minimum Gasteiger partial charge on any atom is -0.350 e. The fourth-order valence-corrected chi connectivity index (χ4v) is 4.62. The van der Waals surface area contributed by atoms with Crippen molar-refractivity contribution in [1.82, 2.24) is 5.32 Å². The molecule has 0 aliphatic rings. The van der Waals surface area contributed by atoms with E-state index in [9.17, 15) is 18.0 Å². The zero-order valence-corrected chi connectivity index (χ0v) is 22.1. The first-order valence-electron chi connectivity index (χ1n) is 11.8. The van der Waals surface area contributed by atoms with Crippen LogP contribution in [0.15, 0.2) is 66.7 Å². The normalized spacial score (nSPS) is 12.0. The zero-order chi connectivity index (χ0) is 26.5. The highest BCUT2D eigenvalue weighted by molar-refractivity contribution is 7.92. The third-order valence-corrected chi connectivity index (χ3v) is 7.11. The van der Waals surface area contributed by atoms with E-state index in [0.717, 1.165) is 23.1 Å². The molecule has 2 amide bonds. The minimum atomic E-state index is -3.53. The van der Waals surface area contributed by atoms with Crippen molar-refractivity contribution in [2.75, 3.05) is 15.9 Å². The fraction of sp³-hybridized carbons (Fsp3) is 0.286. The number of sulfonamides is 1. The lowest BCUT2D eigenvalue weighted by atomic mass is 10.1. The molecule has 7 nitrogen and oxygen atoms in total. The lowest BCUT2D eigenvalue weighted by molar-refractivity contribution is 0.0940. The SMILES string of the molecule is CCC(C)NC(=O)c1ccccc1NC(=O)c1ccc(CN(c2cc(C)ccc2C)S(C)(=O)=O)cc1. The number of anilines is 2. The number of hydrogen-bond acceptors (Lipinski definition) is 4. The Morgan fingerprint density at radius 3 is 2.25 bits per heavy atom. The van der Waals surface area contributed by atoms with Gasteiger partial charge in [0.25, 0.3) is 11.8 Å². The summed E-state index contributed by atoms with van der Waals surface area (Å²) in [6.45, 7) is 7.85. The van der Waals surface area contributed by atoms with Crippen LogP contribution in [-0.4, -0.2) is 32.5 Å². The lowest BCUT2D eigenvalue weighted by Crippen LogP contribution is -2.32. The Morgan fingerprint density at radius 2 is 1.61 bits per heavy atom. The number of carbonyl (C=O) groups is 2. The predicted octanol–water partition coefficient (Wildman–Crippen LogP) is 5.05. The molecule has 0 aromatic heterocycles. The quantitative estimate of drug-likeness (QED) is 0.424. The topological polar surface area (TPSA) is 95.6 Å². The molecule has 3 aromatic carbocycles. The van der Waals surface area contributed by atoms with Crippen molar-refractivity contribution in [2.45, 2.75) is 46.7 Å². The average Bonchev–Trinajstić information content (AvgIpc) is 2.84. The predicted molar refractivity (Wildman–Crippen MR) is 145 cm³/mol. The Hall–Kier alpha value is -3.65. The summed E-state index contributed by atoms with van der Waals surface area (Å²) in [6, 6.07) is 19.3. The maximum absolute atomic E-state index is 12.9. The molecule has 0 radical (unpaired) electrons. The highest BCUT2D eigenvalue weighted by Crippen LogP contribution is 2.26. The lowest BCUT2D eigenvalue weighted by Gasteiger charge is -2.25. The van der Waals surface area contributed by atoms with Crippen LogP contribution in [0.4, 0.5) is 11.4 Å². The molecule has 0 heterocycles. The Kier molecular flexibility index (Phi) is 8.53. The van der Waals surface area contributed by atoms with E-state index in [4.69, 9.17) is 0 Å². The Labute approximate surface area is 213 Å². The number of benzene rings is 3. The van der Waals surface area contributed by atoms with Gasteiger partial charge in [0, 0.05) is 11.6 Å². The summed E-state index contributed by atoms with van der Waals surface area (Å²) >= 11 is 0. The van der Waals surface area contributed by atoms with Gasteiger partial charge < -0.3 is 10.6 Å². The van der Waals surface area contributed by atoms with E-state index >= 15 is 0 Å². The largest absolute Gasteiger partial charge is 0.350 e. The van der Waals surface area contributed by atoms with Crippen LogP contribution >= 0.6 is 0 Å². The van der Waals surface area contributed by atoms with E-state index < -0.39 is 10.0 Å². The van der Waals surface area contributed by atoms with Gasteiger partial charge in [0.05, 0.1) is 29.7 Å². The van der Waals surface area contributed by atoms with E-state index in [-0.39, 0.29) is 24.4 Å². The maximum Gasteiger partial charge on any atom is 0.255 e. The molecule has 36 heavy (non-hydrogen) atoms. The molecule has 190 valence electrons. The highest BCUT2D eigenvalue weighted by atomic mass is 32.2. The number of nitrogens with zero attached hydrogens (tertiary/aromatic N) is 1. The second-order valence-corrected chi connectivity index (χ2v) is 10.9. The second kappa shape index (κ2) is 11.4. The van der Waals surface area contributed by atoms with Gasteiger partial charge in [0.1, 0.15) is 0 Å². The van der Waals surface area contributed by atoms with Crippen LogP contribution < -0.4 is 14.9 Å². The molecule has 2 N–H and O–H groups in total. The van der Waals surface area contributed by atoms with Crippen LogP contribution in [0, 0.1) is 13.8 Å². The van der Waals surface area contributed by atoms with Crippen LogP contribution in [-0.2, 0) is 16.6 Å². The molecular weight excluding hydrogens is 474 g/mol. The van der Waals surface area contributed by atoms with Crippen molar-refractivity contribution in [2.24, 2.45) is 0 Å². The Morgan fingerprint density at radius 1 is 0.944 bits per heavy atom. The molecule has 8 heteroatoms. The average molecular weight is 508 g/mol. The van der Waals surface area contributed by atoms with Gasteiger partial charge in [-0.05, 0) is 74.2 Å². The Balaban J connectivity index is 1.78. The van der Waals surface area contributed by atoms with Gasteiger partial charge in [-0.3, -0.25) is 13.9 Å². The van der Waals surface area contributed by atoms with Crippen molar-refractivity contribution in [3.8, 4) is 0 Å². The summed E-state index contributed by atoms with van der Waals surface area (Å²) in [5.41, 5.74) is 4.41. The summed E-state index contributed by atoms with van der Waals surface area (Å²) in [4.78, 5) is 25.5. The molecule has 0 fully saturated rings. The number of rotatable bonds is 9. The zero-order valence-electron chi connectivity index (χ0n) is 21.3. The molecule has 0 saturated heterocycles. The number of aryl methyl sites for hydroxylation is 2. The van der Waals surface area contributed by atoms with Crippen molar-refractivity contribution in [3.63, 3.8) is 0 Å². The van der Waals surface area contributed by atoms with Crippen LogP contribution in [0.2, 0.25) is 0 Å². The molecule has 1 unspecified atom stereocenters. The summed E-state index contributed by atoms with van der Waals surface area (Å²) in [7, 11) is -3.53. The molecular formula is C28H33N3O4S. The van der Waals surface area contributed by atoms with Crippen molar-refractivity contribution < 1.29 is 18.0 Å². The summed E-state index contributed by atoms with van der Waals surface area (Å²) < 4.78 is 26.5. The first kappa shape index (κ1) is 26.9. The molecule has 0 bridgehead atoms. The minimum absolute atomic E-state index is 0.0175. The first-order valence-corrected chi connectivity index (χ1v) is 13.7. The standard InChI is InChI=1S/C28H33N3O4S/c1-6-21(4)29-28(33)24-9-7-8-10-25(24)30-27(32)23-15-13-22(14-16-23)18-31(36(5,34)35)26-17-19(2)11-12-20(26)3/h7-17,21H,6,18H2,1-5H3,(H,29,33)(H,30,32). The van der Waals surface area contributed by atoms with Gasteiger partial charge in [-0.15, -0.1) is 0 Å². The third-order valence-electron chi connectivity index (χ3n) is 5.99. The van der Waals surface area contributed by atoms with E-state index in [0.29, 0.717) is 22.5 Å². The molecule has 3 rings (SSSR count). The van der Waals surface area contributed by atoms with Crippen molar-refractivity contribution in [1.29, 1.82) is 0 Å². The van der Waals surface area contributed by atoms with E-state index in [1.807, 2.05) is 45.9 Å². The smallest absolute Gasteiger partial charge is 0.255 e. The molecule has 0 saturated carbocycles. The van der Waals surface area contributed by atoms with E-state index in [1.165, 1.54) is 10.6 Å². The van der Waals surface area contributed by atoms with Gasteiger partial charge in [-0.25, -0.2) is 8.42 Å². The van der Waals surface area contributed by atoms with Crippen molar-refractivity contribution in [3.05, 3.63) is 94.5 Å². The first-order chi connectivity index (χ1) is 17.0. The van der Waals surface area contributed by atoms with Gasteiger partial charge in [0.15, 0.2) is 0 Å². The summed E-state index contributed by atoms with van der Waals surface area (Å²) in [6.07, 6.45) is 1.98. The van der Waals surface area contributed by atoms with Crippen LogP contribution in [0.1, 0.15) is 57.7 Å². The maximum atomic E-state index is 12.9. The number of nitrogens with one attached hydrogen (secondary N) is 2. The highest BCUT2D eigenvalue weighted by Gasteiger charge is 2.20. The molecule has 1 atom stereocenters. The van der Waals surface area contributed by atoms with Gasteiger partial charge in [-0.2, -0.15) is 0 Å². The molecule has 0 aliphatic carbocycles. The second-order valence-electron chi connectivity index (χ2n) is 9.04. The number of hydrogen-bond donors (Lipinski definition) is 2. The monoisotopic (exact) mass is 507 g/mol. The molecule has 0 spiro atoms. The van der Waals surface area contributed by atoms with E-state index in [1.54, 1.807) is 48.5 Å². The van der Waals surface area contributed by atoms with E-state index in [2.05, 4.69) is 10.6 Å². The Bertz CT molecular complexity index is 1350. The van der Waals surface area contributed by atoms with Gasteiger partial charge in [-0.1, -0.05) is 43.3 Å². The third kappa shape index (κ3) is 6.73. The van der Waals surface area contributed by atoms with Crippen LogP contribution in [0.25, 0.3) is 0 Å². The molecule has 0 aliphatic heterocycles. The van der Waals surface area contributed by atoms with Crippen LogP contribution in [0.5, 0.6) is 0 Å². The molecule has 3 aromatic rings. The summed E-state index contributed by atoms with van der Waals surface area (Å²) in [5.74, 6) is -0.609. The van der Waals surface area contributed by atoms with Crippen molar-refractivity contribution >= 4 is 33.2 Å². The summed E-state index contributed by atoms with van der Waals surface area (Å²) in [5, 5.41) is 5.73. The van der Waals surface area contributed by atoms with Gasteiger partial charge >= 0.3 is 0 Å². The number of para-hydroxylation sites is 1. The number of carbonyl (C=O) groups excluding carboxylic acids is 2. The van der Waals surface area contributed by atoms with Crippen LogP contribution in [0.3, 0.4) is 0 Å². The fourth-order valence-electron chi connectivity index (χ4n) is 3.68. The van der Waals surface area contributed by atoms with Gasteiger partial charge in [0.2, 0.25) is 10.0 Å². The number of amides is 2.